The Balaban J connectivity index is 1.31. The number of H-pyrrole nitrogens is 1. The van der Waals surface area contributed by atoms with E-state index in [4.69, 9.17) is 0 Å². The zero-order chi connectivity index (χ0) is 17.9. The van der Waals surface area contributed by atoms with Crippen LogP contribution in [-0.4, -0.2) is 47.0 Å². The van der Waals surface area contributed by atoms with Crippen molar-refractivity contribution in [2.75, 3.05) is 31.1 Å². The number of piperazine rings is 1. The van der Waals surface area contributed by atoms with Gasteiger partial charge in [0.05, 0.1) is 11.0 Å². The molecular formula is C21H24N4O. The number of rotatable bonds is 4. The van der Waals surface area contributed by atoms with Crippen LogP contribution in [0.5, 0.6) is 0 Å². The number of amides is 1. The molecule has 1 fully saturated rings. The lowest BCUT2D eigenvalue weighted by Gasteiger charge is -2.36. The van der Waals surface area contributed by atoms with Crippen molar-refractivity contribution in [3.63, 3.8) is 0 Å². The first-order chi connectivity index (χ1) is 12.7. The zero-order valence-corrected chi connectivity index (χ0v) is 15.1. The molecular weight excluding hydrogens is 324 g/mol. The number of nitrogens with zero attached hydrogens (tertiary/aromatic N) is 3. The van der Waals surface area contributed by atoms with Crippen LogP contribution in [0.3, 0.4) is 0 Å². The maximum atomic E-state index is 12.5. The van der Waals surface area contributed by atoms with Gasteiger partial charge in [0.2, 0.25) is 5.91 Å². The summed E-state index contributed by atoms with van der Waals surface area (Å²) < 4.78 is 0. The Bertz CT molecular complexity index is 895. The van der Waals surface area contributed by atoms with Gasteiger partial charge < -0.3 is 14.8 Å². The van der Waals surface area contributed by atoms with Gasteiger partial charge in [-0.3, -0.25) is 4.79 Å². The quantitative estimate of drug-likeness (QED) is 0.788. The minimum atomic E-state index is 0.217. The van der Waals surface area contributed by atoms with Gasteiger partial charge in [-0.05, 0) is 36.8 Å². The van der Waals surface area contributed by atoms with Gasteiger partial charge in [-0.1, -0.05) is 24.3 Å². The van der Waals surface area contributed by atoms with Crippen LogP contribution in [0, 0.1) is 6.92 Å². The highest BCUT2D eigenvalue weighted by Crippen LogP contribution is 2.17. The molecule has 0 atom stereocenters. The number of carbonyl (C=O) groups excluding carboxylic acids is 1. The second kappa shape index (κ2) is 7.20. The van der Waals surface area contributed by atoms with E-state index in [1.165, 1.54) is 11.3 Å². The van der Waals surface area contributed by atoms with Crippen LogP contribution < -0.4 is 4.90 Å². The molecule has 0 unspecified atom stereocenters. The third-order valence-corrected chi connectivity index (χ3v) is 5.02. The molecule has 134 valence electrons. The number of aromatic nitrogens is 2. The van der Waals surface area contributed by atoms with E-state index in [0.717, 1.165) is 43.0 Å². The van der Waals surface area contributed by atoms with Gasteiger partial charge in [0.15, 0.2) is 0 Å². The van der Waals surface area contributed by atoms with Crippen molar-refractivity contribution in [3.8, 4) is 0 Å². The second-order valence-electron chi connectivity index (χ2n) is 6.91. The summed E-state index contributed by atoms with van der Waals surface area (Å²) in [5, 5.41) is 0. The van der Waals surface area contributed by atoms with E-state index in [9.17, 15) is 4.79 Å². The molecule has 2 aromatic carbocycles. The van der Waals surface area contributed by atoms with Crippen molar-refractivity contribution in [3.05, 3.63) is 59.9 Å². The molecule has 0 aliphatic carbocycles. The lowest BCUT2D eigenvalue weighted by molar-refractivity contribution is -0.131. The summed E-state index contributed by atoms with van der Waals surface area (Å²) in [6, 6.07) is 16.6. The average molecular weight is 348 g/mol. The Morgan fingerprint density at radius 3 is 2.62 bits per heavy atom. The number of nitrogens with one attached hydrogen (secondary N) is 1. The van der Waals surface area contributed by atoms with E-state index in [1.54, 1.807) is 0 Å². The van der Waals surface area contributed by atoms with E-state index in [1.807, 2.05) is 17.0 Å². The SMILES string of the molecule is Cc1ccc2nc(CCC(=O)N3CCN(c4ccccc4)CC3)[nH]c2c1. The summed E-state index contributed by atoms with van der Waals surface area (Å²) in [5.41, 5.74) is 4.45. The van der Waals surface area contributed by atoms with E-state index >= 15 is 0 Å². The molecule has 0 bridgehead atoms. The average Bonchev–Trinajstić information content (AvgIpc) is 3.09. The van der Waals surface area contributed by atoms with Crippen LogP contribution in [0.15, 0.2) is 48.5 Å². The lowest BCUT2D eigenvalue weighted by atomic mass is 10.2. The minimum Gasteiger partial charge on any atom is -0.368 e. The van der Waals surface area contributed by atoms with Crippen LogP contribution in [0.1, 0.15) is 17.8 Å². The fraction of sp³-hybridized carbons (Fsp3) is 0.333. The Labute approximate surface area is 153 Å². The molecule has 4 rings (SSSR count). The van der Waals surface area contributed by atoms with Crippen LogP contribution in [0.2, 0.25) is 0 Å². The molecule has 1 aliphatic rings. The number of anilines is 1. The van der Waals surface area contributed by atoms with Gasteiger partial charge in [-0.15, -0.1) is 0 Å². The maximum Gasteiger partial charge on any atom is 0.223 e. The van der Waals surface area contributed by atoms with Crippen molar-refractivity contribution >= 4 is 22.6 Å². The predicted molar refractivity (Wildman–Crippen MR) is 104 cm³/mol. The van der Waals surface area contributed by atoms with Crippen molar-refractivity contribution in [2.24, 2.45) is 0 Å². The Morgan fingerprint density at radius 1 is 1.08 bits per heavy atom. The van der Waals surface area contributed by atoms with Gasteiger partial charge in [0, 0.05) is 44.7 Å². The molecule has 2 heterocycles. The summed E-state index contributed by atoms with van der Waals surface area (Å²) in [6.45, 7) is 5.41. The number of imidazole rings is 1. The monoisotopic (exact) mass is 348 g/mol. The van der Waals surface area contributed by atoms with E-state index in [0.29, 0.717) is 12.8 Å². The molecule has 0 saturated carbocycles. The van der Waals surface area contributed by atoms with Gasteiger partial charge in [-0.25, -0.2) is 4.98 Å². The fourth-order valence-electron chi connectivity index (χ4n) is 3.53. The molecule has 5 heteroatoms. The smallest absolute Gasteiger partial charge is 0.223 e. The standard InChI is InChI=1S/C21H24N4O/c1-16-7-8-18-19(15-16)23-20(22-18)9-10-21(26)25-13-11-24(12-14-25)17-5-3-2-4-6-17/h2-8,15H,9-14H2,1H3,(H,22,23). The zero-order valence-electron chi connectivity index (χ0n) is 15.1. The normalized spacial score (nSPS) is 14.8. The second-order valence-corrected chi connectivity index (χ2v) is 6.91. The van der Waals surface area contributed by atoms with Gasteiger partial charge in [-0.2, -0.15) is 0 Å². The largest absolute Gasteiger partial charge is 0.368 e. The number of benzene rings is 2. The van der Waals surface area contributed by atoms with Crippen molar-refractivity contribution in [1.29, 1.82) is 0 Å². The summed E-state index contributed by atoms with van der Waals surface area (Å²) >= 11 is 0. The number of hydrogen-bond donors (Lipinski definition) is 1. The molecule has 3 aromatic rings. The molecule has 26 heavy (non-hydrogen) atoms. The highest BCUT2D eigenvalue weighted by molar-refractivity contribution is 5.78. The van der Waals surface area contributed by atoms with Crippen molar-refractivity contribution in [2.45, 2.75) is 19.8 Å². The third-order valence-electron chi connectivity index (χ3n) is 5.02. The lowest BCUT2D eigenvalue weighted by Crippen LogP contribution is -2.48. The highest BCUT2D eigenvalue weighted by atomic mass is 16.2. The molecule has 1 aromatic heterocycles. The van der Waals surface area contributed by atoms with Crippen LogP contribution >= 0.6 is 0 Å². The third kappa shape index (κ3) is 3.57. The first-order valence-electron chi connectivity index (χ1n) is 9.22. The summed E-state index contributed by atoms with van der Waals surface area (Å²) in [5.74, 6) is 1.11. The van der Waals surface area contributed by atoms with Crippen LogP contribution in [0.25, 0.3) is 11.0 Å². The molecule has 0 spiro atoms. The first kappa shape index (κ1) is 16.6. The number of para-hydroxylation sites is 1. The summed E-state index contributed by atoms with van der Waals surface area (Å²) in [4.78, 5) is 24.8. The van der Waals surface area contributed by atoms with Crippen molar-refractivity contribution < 1.29 is 4.79 Å². The first-order valence-corrected chi connectivity index (χ1v) is 9.22. The summed E-state index contributed by atoms with van der Waals surface area (Å²) in [6.07, 6.45) is 1.16. The number of aromatic amines is 1. The number of aryl methyl sites for hydroxylation is 2. The van der Waals surface area contributed by atoms with Gasteiger partial charge in [0.25, 0.3) is 0 Å². The fourth-order valence-corrected chi connectivity index (χ4v) is 3.53. The molecule has 1 amide bonds. The number of carbonyl (C=O) groups is 1. The minimum absolute atomic E-state index is 0.217. The van der Waals surface area contributed by atoms with Crippen LogP contribution in [0.4, 0.5) is 5.69 Å². The topological polar surface area (TPSA) is 52.2 Å². The van der Waals surface area contributed by atoms with E-state index in [-0.39, 0.29) is 5.91 Å². The molecule has 5 nitrogen and oxygen atoms in total. The molecule has 1 saturated heterocycles. The number of fused-ring (bicyclic) bond motifs is 1. The molecule has 0 radical (unpaired) electrons. The predicted octanol–water partition coefficient (Wildman–Crippen LogP) is 3.15. The number of hydrogen-bond acceptors (Lipinski definition) is 3. The highest BCUT2D eigenvalue weighted by Gasteiger charge is 2.21. The van der Waals surface area contributed by atoms with E-state index < -0.39 is 0 Å². The molecule has 1 aliphatic heterocycles. The maximum absolute atomic E-state index is 12.5. The Kier molecular flexibility index (Phi) is 4.61. The van der Waals surface area contributed by atoms with Gasteiger partial charge >= 0.3 is 0 Å². The Hall–Kier alpha value is -2.82. The molecule has 1 N–H and O–H groups in total. The van der Waals surface area contributed by atoms with Crippen molar-refractivity contribution in [1.82, 2.24) is 14.9 Å². The summed E-state index contributed by atoms with van der Waals surface area (Å²) in [7, 11) is 0. The van der Waals surface area contributed by atoms with Crippen LogP contribution in [-0.2, 0) is 11.2 Å². The van der Waals surface area contributed by atoms with E-state index in [2.05, 4.69) is 58.2 Å². The van der Waals surface area contributed by atoms with Gasteiger partial charge in [0.1, 0.15) is 5.82 Å². The Morgan fingerprint density at radius 2 is 1.85 bits per heavy atom.